The Balaban J connectivity index is 2.12. The molecule has 0 atom stereocenters. The molecule has 2 nitrogen and oxygen atoms in total. The number of aryl methyl sites for hydroxylation is 1. The second-order valence-electron chi connectivity index (χ2n) is 5.23. The lowest BCUT2D eigenvalue weighted by Gasteiger charge is -2.38. The van der Waals surface area contributed by atoms with Crippen molar-refractivity contribution >= 4 is 0 Å². The van der Waals surface area contributed by atoms with E-state index in [2.05, 4.69) is 59.8 Å². The Bertz CT molecular complexity index is 507. The van der Waals surface area contributed by atoms with Crippen LogP contribution < -0.4 is 5.32 Å². The van der Waals surface area contributed by atoms with E-state index in [9.17, 15) is 0 Å². The predicted molar refractivity (Wildman–Crippen MR) is 74.9 cm³/mol. The lowest BCUT2D eigenvalue weighted by molar-refractivity contribution is 0.354. The molecule has 0 spiro atoms. The van der Waals surface area contributed by atoms with Crippen molar-refractivity contribution in [3.05, 3.63) is 59.4 Å². The number of hydrogen-bond acceptors (Lipinski definition) is 1. The summed E-state index contributed by atoms with van der Waals surface area (Å²) in [6.45, 7) is 4.39. The number of aromatic nitrogens is 1. The number of aromatic amines is 1. The molecule has 2 heteroatoms. The normalized spacial score (nSPS) is 18.7. The van der Waals surface area contributed by atoms with E-state index >= 15 is 0 Å². The summed E-state index contributed by atoms with van der Waals surface area (Å²) in [5.74, 6) is 0. The first-order chi connectivity index (χ1) is 8.83. The molecular formula is C16H20N2. The third-order valence-electron chi connectivity index (χ3n) is 4.22. The van der Waals surface area contributed by atoms with Gasteiger partial charge in [-0.15, -0.1) is 0 Å². The first kappa shape index (κ1) is 11.5. The summed E-state index contributed by atoms with van der Waals surface area (Å²) in [7, 11) is 0. The summed E-state index contributed by atoms with van der Waals surface area (Å²) in [5.41, 5.74) is 4.38. The Labute approximate surface area is 108 Å². The van der Waals surface area contributed by atoms with Gasteiger partial charge in [-0.2, -0.15) is 0 Å². The second-order valence-corrected chi connectivity index (χ2v) is 5.23. The smallest absolute Gasteiger partial charge is 0.0380 e. The number of rotatable bonds is 2. The van der Waals surface area contributed by atoms with E-state index in [0.29, 0.717) is 0 Å². The van der Waals surface area contributed by atoms with Gasteiger partial charge >= 0.3 is 0 Å². The molecule has 2 heterocycles. The van der Waals surface area contributed by atoms with Crippen LogP contribution in [0.5, 0.6) is 0 Å². The highest BCUT2D eigenvalue weighted by Crippen LogP contribution is 2.40. The minimum absolute atomic E-state index is 0.167. The van der Waals surface area contributed by atoms with E-state index in [1.165, 1.54) is 29.7 Å². The van der Waals surface area contributed by atoms with E-state index in [0.717, 1.165) is 13.1 Å². The molecule has 0 aliphatic carbocycles. The minimum Gasteiger partial charge on any atom is -0.364 e. The maximum Gasteiger partial charge on any atom is 0.0380 e. The number of hydrogen-bond donors (Lipinski definition) is 2. The van der Waals surface area contributed by atoms with E-state index in [1.54, 1.807) is 0 Å². The van der Waals surface area contributed by atoms with Gasteiger partial charge in [-0.25, -0.2) is 0 Å². The van der Waals surface area contributed by atoms with Crippen molar-refractivity contribution in [2.45, 2.75) is 25.2 Å². The van der Waals surface area contributed by atoms with Crippen LogP contribution in [0.2, 0.25) is 0 Å². The fraction of sp³-hybridized carbons (Fsp3) is 0.375. The van der Waals surface area contributed by atoms with E-state index < -0.39 is 0 Å². The zero-order chi connectivity index (χ0) is 12.4. The van der Waals surface area contributed by atoms with Gasteiger partial charge in [-0.1, -0.05) is 30.3 Å². The Morgan fingerprint density at radius 3 is 2.33 bits per heavy atom. The van der Waals surface area contributed by atoms with Gasteiger partial charge in [0.05, 0.1) is 0 Å². The van der Waals surface area contributed by atoms with Crippen LogP contribution in [0.25, 0.3) is 0 Å². The second kappa shape index (κ2) is 4.62. The summed E-state index contributed by atoms with van der Waals surface area (Å²) >= 11 is 0. The molecular weight excluding hydrogens is 220 g/mol. The third kappa shape index (κ3) is 1.77. The molecule has 0 radical (unpaired) electrons. The van der Waals surface area contributed by atoms with Crippen molar-refractivity contribution < 1.29 is 0 Å². The number of benzene rings is 1. The van der Waals surface area contributed by atoms with Gasteiger partial charge in [0.15, 0.2) is 0 Å². The van der Waals surface area contributed by atoms with Gasteiger partial charge in [-0.3, -0.25) is 0 Å². The zero-order valence-electron chi connectivity index (χ0n) is 10.9. The highest BCUT2D eigenvalue weighted by atomic mass is 14.9. The molecule has 2 aromatic rings. The van der Waals surface area contributed by atoms with Gasteiger partial charge in [0.25, 0.3) is 0 Å². The maximum absolute atomic E-state index is 3.49. The fourth-order valence-corrected chi connectivity index (χ4v) is 3.26. The maximum atomic E-state index is 3.49. The highest BCUT2D eigenvalue weighted by Gasteiger charge is 2.37. The minimum atomic E-state index is 0.167. The average Bonchev–Trinajstić information content (AvgIpc) is 2.87. The van der Waals surface area contributed by atoms with Crippen LogP contribution in [0.3, 0.4) is 0 Å². The van der Waals surface area contributed by atoms with E-state index in [-0.39, 0.29) is 5.41 Å². The van der Waals surface area contributed by atoms with Crippen molar-refractivity contribution in [2.24, 2.45) is 0 Å². The summed E-state index contributed by atoms with van der Waals surface area (Å²) in [4.78, 5) is 3.49. The molecule has 0 unspecified atom stereocenters. The van der Waals surface area contributed by atoms with Crippen LogP contribution in [0, 0.1) is 6.92 Å². The van der Waals surface area contributed by atoms with Crippen LogP contribution >= 0.6 is 0 Å². The van der Waals surface area contributed by atoms with Gasteiger partial charge in [-0.05, 0) is 50.0 Å². The monoisotopic (exact) mass is 240 g/mol. The molecule has 1 saturated heterocycles. The number of nitrogens with one attached hydrogen (secondary N) is 2. The fourth-order valence-electron chi connectivity index (χ4n) is 3.26. The van der Waals surface area contributed by atoms with Gasteiger partial charge in [0.1, 0.15) is 0 Å². The Morgan fingerprint density at radius 1 is 1.00 bits per heavy atom. The van der Waals surface area contributed by atoms with Crippen molar-refractivity contribution in [3.63, 3.8) is 0 Å². The molecule has 3 rings (SSSR count). The molecule has 94 valence electrons. The van der Waals surface area contributed by atoms with Crippen molar-refractivity contribution in [1.82, 2.24) is 10.3 Å². The highest BCUT2D eigenvalue weighted by molar-refractivity contribution is 5.40. The van der Waals surface area contributed by atoms with Gasteiger partial charge in [0, 0.05) is 17.3 Å². The largest absolute Gasteiger partial charge is 0.364 e. The van der Waals surface area contributed by atoms with Crippen LogP contribution in [0.15, 0.2) is 42.6 Å². The summed E-state index contributed by atoms with van der Waals surface area (Å²) in [5, 5.41) is 3.48. The summed E-state index contributed by atoms with van der Waals surface area (Å²) in [6.07, 6.45) is 4.40. The quantitative estimate of drug-likeness (QED) is 0.830. The SMILES string of the molecule is Cc1cc[nH]c1C1(c2ccccc2)CCNCC1. The molecule has 2 N–H and O–H groups in total. The van der Waals surface area contributed by atoms with E-state index in [1.807, 2.05) is 0 Å². The van der Waals surface area contributed by atoms with Crippen molar-refractivity contribution in [2.75, 3.05) is 13.1 Å². The lowest BCUT2D eigenvalue weighted by Crippen LogP contribution is -2.41. The summed E-state index contributed by atoms with van der Waals surface area (Å²) < 4.78 is 0. The Kier molecular flexibility index (Phi) is 2.96. The van der Waals surface area contributed by atoms with E-state index in [4.69, 9.17) is 0 Å². The van der Waals surface area contributed by atoms with Crippen LogP contribution in [-0.2, 0) is 5.41 Å². The van der Waals surface area contributed by atoms with Crippen LogP contribution in [-0.4, -0.2) is 18.1 Å². The predicted octanol–water partition coefficient (Wildman–Crippen LogP) is 2.99. The van der Waals surface area contributed by atoms with Crippen molar-refractivity contribution in [1.29, 1.82) is 0 Å². The van der Waals surface area contributed by atoms with Crippen molar-refractivity contribution in [3.8, 4) is 0 Å². The molecule has 1 fully saturated rings. The molecule has 1 aromatic carbocycles. The number of piperidine rings is 1. The Morgan fingerprint density at radius 2 is 1.72 bits per heavy atom. The third-order valence-corrected chi connectivity index (χ3v) is 4.22. The topological polar surface area (TPSA) is 27.8 Å². The first-order valence-electron chi connectivity index (χ1n) is 6.74. The van der Waals surface area contributed by atoms with Crippen LogP contribution in [0.4, 0.5) is 0 Å². The zero-order valence-corrected chi connectivity index (χ0v) is 10.9. The molecule has 1 aliphatic heterocycles. The molecule has 1 aliphatic rings. The van der Waals surface area contributed by atoms with Gasteiger partial charge in [0.2, 0.25) is 0 Å². The molecule has 18 heavy (non-hydrogen) atoms. The average molecular weight is 240 g/mol. The molecule has 0 amide bonds. The molecule has 1 aromatic heterocycles. The molecule has 0 bridgehead atoms. The summed E-state index contributed by atoms with van der Waals surface area (Å²) in [6, 6.07) is 13.1. The lowest BCUT2D eigenvalue weighted by atomic mass is 9.70. The number of H-pyrrole nitrogens is 1. The van der Waals surface area contributed by atoms with Gasteiger partial charge < -0.3 is 10.3 Å². The first-order valence-corrected chi connectivity index (χ1v) is 6.74. The standard InChI is InChI=1S/C16H20N2/c1-13-7-10-18-15(13)16(8-11-17-12-9-16)14-5-3-2-4-6-14/h2-7,10,17-18H,8-9,11-12H2,1H3. The van der Waals surface area contributed by atoms with Crippen LogP contribution in [0.1, 0.15) is 29.7 Å². The Hall–Kier alpha value is -1.54. The molecule has 0 saturated carbocycles.